The van der Waals surface area contributed by atoms with Crippen molar-refractivity contribution >= 4 is 29.7 Å². The predicted octanol–water partition coefficient (Wildman–Crippen LogP) is 2.52. The molecule has 2 amide bonds. The number of benzene rings is 2. The number of ether oxygens (including phenoxy) is 1. The summed E-state index contributed by atoms with van der Waals surface area (Å²) in [5, 5.41) is 8.89. The van der Waals surface area contributed by atoms with Crippen molar-refractivity contribution in [3.8, 4) is 5.75 Å². The minimum Gasteiger partial charge on any atom is -0.496 e. The Bertz CT molecular complexity index is 1020. The normalized spacial score (nSPS) is 16.1. The summed E-state index contributed by atoms with van der Waals surface area (Å²) in [6.07, 6.45) is -3.26. The SMILES string of the molecule is COc1ccccc1/C=N\NC1=N[C@H](CC(=O)Nc2ccc(C(F)(F)F)cc2)C(=O)N1. The van der Waals surface area contributed by atoms with Crippen LogP contribution < -0.4 is 20.8 Å². The van der Waals surface area contributed by atoms with Gasteiger partial charge in [-0.1, -0.05) is 12.1 Å². The van der Waals surface area contributed by atoms with E-state index in [9.17, 15) is 22.8 Å². The number of nitrogens with zero attached hydrogens (tertiary/aromatic N) is 2. The van der Waals surface area contributed by atoms with Gasteiger partial charge in [0.15, 0.2) is 0 Å². The van der Waals surface area contributed by atoms with Crippen molar-refractivity contribution in [2.45, 2.75) is 18.6 Å². The van der Waals surface area contributed by atoms with Gasteiger partial charge in [-0.15, -0.1) is 0 Å². The zero-order valence-corrected chi connectivity index (χ0v) is 16.2. The molecule has 0 unspecified atom stereocenters. The molecular weight excluding hydrogens is 415 g/mol. The van der Waals surface area contributed by atoms with Crippen LogP contribution in [0.5, 0.6) is 5.75 Å². The van der Waals surface area contributed by atoms with Crippen LogP contribution in [0, 0.1) is 0 Å². The fourth-order valence-corrected chi connectivity index (χ4v) is 2.71. The highest BCUT2D eigenvalue weighted by Gasteiger charge is 2.30. The molecule has 1 heterocycles. The Morgan fingerprint density at radius 2 is 1.94 bits per heavy atom. The zero-order chi connectivity index (χ0) is 22.4. The molecule has 1 aliphatic heterocycles. The third-order valence-electron chi connectivity index (χ3n) is 4.22. The number of para-hydroxylation sites is 1. The summed E-state index contributed by atoms with van der Waals surface area (Å²) in [7, 11) is 1.53. The summed E-state index contributed by atoms with van der Waals surface area (Å²) >= 11 is 0. The molecule has 11 heteroatoms. The number of aliphatic imine (C=N–C) groups is 1. The van der Waals surface area contributed by atoms with E-state index >= 15 is 0 Å². The molecular formula is C20H18F3N5O3. The van der Waals surface area contributed by atoms with Gasteiger partial charge in [0.25, 0.3) is 5.91 Å². The van der Waals surface area contributed by atoms with Crippen molar-refractivity contribution in [1.29, 1.82) is 0 Å². The number of hydrogen-bond donors (Lipinski definition) is 3. The fraction of sp³-hybridized carbons (Fsp3) is 0.200. The minimum atomic E-state index is -4.46. The topological polar surface area (TPSA) is 104 Å². The van der Waals surface area contributed by atoms with Crippen LogP contribution in [-0.4, -0.2) is 37.1 Å². The lowest BCUT2D eigenvalue weighted by Gasteiger charge is -2.09. The van der Waals surface area contributed by atoms with Gasteiger partial charge < -0.3 is 10.1 Å². The summed E-state index contributed by atoms with van der Waals surface area (Å²) in [4.78, 5) is 28.2. The first kappa shape index (κ1) is 21.8. The average molecular weight is 433 g/mol. The van der Waals surface area contributed by atoms with Gasteiger partial charge in [0.05, 0.1) is 25.3 Å². The Kier molecular flexibility index (Phi) is 6.53. The van der Waals surface area contributed by atoms with Crippen LogP contribution in [0.4, 0.5) is 18.9 Å². The lowest BCUT2D eigenvalue weighted by molar-refractivity contribution is -0.137. The van der Waals surface area contributed by atoms with Gasteiger partial charge in [0, 0.05) is 11.3 Å². The third kappa shape index (κ3) is 5.81. The summed E-state index contributed by atoms with van der Waals surface area (Å²) in [6.45, 7) is 0. The van der Waals surface area contributed by atoms with Crippen molar-refractivity contribution in [3.05, 3.63) is 59.7 Å². The fourth-order valence-electron chi connectivity index (χ4n) is 2.71. The van der Waals surface area contributed by atoms with Crippen LogP contribution in [0.2, 0.25) is 0 Å². The molecule has 0 radical (unpaired) electrons. The summed E-state index contributed by atoms with van der Waals surface area (Å²) < 4.78 is 43.0. The number of carbonyl (C=O) groups excluding carboxylic acids is 2. The Labute approximate surface area is 175 Å². The molecule has 0 saturated heterocycles. The minimum absolute atomic E-state index is 0.0727. The van der Waals surface area contributed by atoms with E-state index in [4.69, 9.17) is 4.74 Å². The van der Waals surface area contributed by atoms with Crippen LogP contribution in [-0.2, 0) is 15.8 Å². The Morgan fingerprint density at radius 3 is 2.61 bits per heavy atom. The Balaban J connectivity index is 1.55. The molecule has 3 N–H and O–H groups in total. The first-order valence-electron chi connectivity index (χ1n) is 9.04. The van der Waals surface area contributed by atoms with Crippen LogP contribution in [0.1, 0.15) is 17.5 Å². The van der Waals surface area contributed by atoms with Crippen molar-refractivity contribution in [1.82, 2.24) is 10.7 Å². The molecule has 3 rings (SSSR count). The number of carbonyl (C=O) groups is 2. The van der Waals surface area contributed by atoms with E-state index in [0.717, 1.165) is 24.3 Å². The number of alkyl halides is 3. The summed E-state index contributed by atoms with van der Waals surface area (Å²) in [5.74, 6) is -0.383. The predicted molar refractivity (Wildman–Crippen MR) is 108 cm³/mol. The lowest BCUT2D eigenvalue weighted by atomic mass is 10.1. The van der Waals surface area contributed by atoms with Crippen LogP contribution >= 0.6 is 0 Å². The molecule has 31 heavy (non-hydrogen) atoms. The number of halogens is 3. The van der Waals surface area contributed by atoms with E-state index in [1.54, 1.807) is 12.1 Å². The van der Waals surface area contributed by atoms with Gasteiger partial charge >= 0.3 is 6.18 Å². The van der Waals surface area contributed by atoms with E-state index in [1.807, 2.05) is 12.1 Å². The molecule has 0 spiro atoms. The number of guanidine groups is 1. The highest BCUT2D eigenvalue weighted by molar-refractivity contribution is 6.07. The quantitative estimate of drug-likeness (QED) is 0.481. The lowest BCUT2D eigenvalue weighted by Crippen LogP contribution is -2.35. The van der Waals surface area contributed by atoms with E-state index in [0.29, 0.717) is 11.3 Å². The summed E-state index contributed by atoms with van der Waals surface area (Å²) in [5.41, 5.74) is 2.64. The van der Waals surface area contributed by atoms with E-state index in [2.05, 4.69) is 26.2 Å². The van der Waals surface area contributed by atoms with Crippen molar-refractivity contribution in [2.75, 3.05) is 12.4 Å². The van der Waals surface area contributed by atoms with Crippen molar-refractivity contribution in [3.63, 3.8) is 0 Å². The van der Waals surface area contributed by atoms with Gasteiger partial charge in [-0.25, -0.2) is 10.4 Å². The van der Waals surface area contributed by atoms with Gasteiger partial charge in [-0.05, 0) is 36.4 Å². The molecule has 1 atom stereocenters. The monoisotopic (exact) mass is 433 g/mol. The molecule has 0 bridgehead atoms. The van der Waals surface area contributed by atoms with E-state index in [1.165, 1.54) is 13.3 Å². The molecule has 0 fully saturated rings. The maximum absolute atomic E-state index is 12.6. The maximum Gasteiger partial charge on any atom is 0.416 e. The van der Waals surface area contributed by atoms with Crippen LogP contribution in [0.15, 0.2) is 58.6 Å². The first-order valence-corrected chi connectivity index (χ1v) is 9.04. The number of hydrazone groups is 1. The maximum atomic E-state index is 12.6. The van der Waals surface area contributed by atoms with Gasteiger partial charge in [0.2, 0.25) is 11.9 Å². The number of amides is 2. The molecule has 162 valence electrons. The van der Waals surface area contributed by atoms with E-state index < -0.39 is 29.6 Å². The largest absolute Gasteiger partial charge is 0.496 e. The molecule has 0 aromatic heterocycles. The molecule has 2 aromatic rings. The first-order chi connectivity index (χ1) is 14.8. The molecule has 0 aliphatic carbocycles. The molecule has 0 saturated carbocycles. The van der Waals surface area contributed by atoms with Gasteiger partial charge in [-0.3, -0.25) is 14.9 Å². The Morgan fingerprint density at radius 1 is 1.23 bits per heavy atom. The number of hydrogen-bond acceptors (Lipinski definition) is 6. The summed E-state index contributed by atoms with van der Waals surface area (Å²) in [6, 6.07) is 10.2. The standard InChI is InChI=1S/C20H18F3N5O3/c1-31-16-5-3-2-4-12(16)11-24-28-19-26-15(18(30)27-19)10-17(29)25-14-8-6-13(7-9-14)20(21,22)23/h2-9,11,15H,10H2,1H3,(H,25,29)(H2,26,27,28,30)/b24-11-/t15-/m1/s1. The van der Waals surface area contributed by atoms with Crippen LogP contribution in [0.25, 0.3) is 0 Å². The second-order valence-electron chi connectivity index (χ2n) is 6.42. The van der Waals surface area contributed by atoms with Crippen molar-refractivity contribution in [2.24, 2.45) is 10.1 Å². The van der Waals surface area contributed by atoms with Gasteiger partial charge in [-0.2, -0.15) is 18.3 Å². The smallest absolute Gasteiger partial charge is 0.416 e. The number of rotatable bonds is 6. The molecule has 2 aromatic carbocycles. The van der Waals surface area contributed by atoms with Crippen molar-refractivity contribution < 1.29 is 27.5 Å². The van der Waals surface area contributed by atoms with Crippen LogP contribution in [0.3, 0.4) is 0 Å². The highest BCUT2D eigenvalue weighted by atomic mass is 19.4. The zero-order valence-electron chi connectivity index (χ0n) is 16.2. The Hall–Kier alpha value is -3.89. The number of anilines is 1. The van der Waals surface area contributed by atoms with E-state index in [-0.39, 0.29) is 18.1 Å². The molecule has 1 aliphatic rings. The number of methoxy groups -OCH3 is 1. The van der Waals surface area contributed by atoms with Gasteiger partial charge in [0.1, 0.15) is 11.8 Å². The second-order valence-corrected chi connectivity index (χ2v) is 6.42. The second kappa shape index (κ2) is 9.28. The third-order valence-corrected chi connectivity index (χ3v) is 4.22. The average Bonchev–Trinajstić information content (AvgIpc) is 3.07. The molecule has 8 nitrogen and oxygen atoms in total. The number of nitrogens with one attached hydrogen (secondary N) is 3. The highest BCUT2D eigenvalue weighted by Crippen LogP contribution is 2.29.